The minimum atomic E-state index is -0.611. The van der Waals surface area contributed by atoms with Crippen LogP contribution in [0.1, 0.15) is 17.3 Å². The van der Waals surface area contributed by atoms with Crippen LogP contribution in [0.5, 0.6) is 0 Å². The minimum Gasteiger partial charge on any atom is -0.392 e. The zero-order chi connectivity index (χ0) is 20.4. The van der Waals surface area contributed by atoms with Gasteiger partial charge in [-0.15, -0.1) is 11.3 Å². The van der Waals surface area contributed by atoms with Gasteiger partial charge in [0.1, 0.15) is 0 Å². The summed E-state index contributed by atoms with van der Waals surface area (Å²) in [4.78, 5) is 28.4. The molecule has 0 radical (unpaired) electrons. The number of aromatic nitrogens is 3. The molecule has 29 heavy (non-hydrogen) atoms. The topological polar surface area (TPSA) is 100 Å². The predicted octanol–water partition coefficient (Wildman–Crippen LogP) is 2.35. The van der Waals surface area contributed by atoms with Crippen LogP contribution in [0.4, 0.5) is 5.82 Å². The van der Waals surface area contributed by atoms with E-state index in [-0.39, 0.29) is 17.7 Å². The lowest BCUT2D eigenvalue weighted by Crippen LogP contribution is -2.36. The summed E-state index contributed by atoms with van der Waals surface area (Å²) in [5, 5.41) is 12.2. The van der Waals surface area contributed by atoms with Crippen LogP contribution in [0.25, 0.3) is 20.7 Å². The van der Waals surface area contributed by atoms with Gasteiger partial charge in [0, 0.05) is 42.5 Å². The van der Waals surface area contributed by atoms with Gasteiger partial charge in [0.25, 0.3) is 5.91 Å². The number of aliphatic hydroxyl groups is 1. The fourth-order valence-electron chi connectivity index (χ4n) is 3.06. The summed E-state index contributed by atoms with van der Waals surface area (Å²) in [6.07, 6.45) is 2.60. The number of aliphatic hydroxyl groups excluding tert-OH is 1. The molecular weight excluding hydrogens is 414 g/mol. The first kappa shape index (κ1) is 20.0. The highest BCUT2D eigenvalue weighted by Gasteiger charge is 2.20. The average Bonchev–Trinajstić information content (AvgIpc) is 3.16. The van der Waals surface area contributed by atoms with Gasteiger partial charge in [-0.25, -0.2) is 4.98 Å². The van der Waals surface area contributed by atoms with Crippen LogP contribution in [0.15, 0.2) is 24.5 Å². The Kier molecular flexibility index (Phi) is 5.91. The second kappa shape index (κ2) is 8.58. The van der Waals surface area contributed by atoms with E-state index in [9.17, 15) is 9.90 Å². The molecule has 152 valence electrons. The van der Waals surface area contributed by atoms with Crippen LogP contribution in [-0.4, -0.2) is 64.9 Å². The Morgan fingerprint density at radius 1 is 1.34 bits per heavy atom. The highest BCUT2D eigenvalue weighted by molar-refractivity contribution is 7.22. The van der Waals surface area contributed by atoms with Gasteiger partial charge >= 0.3 is 0 Å². The molecule has 2 N–H and O–H groups in total. The summed E-state index contributed by atoms with van der Waals surface area (Å²) in [5.74, 6) is 0.525. The quantitative estimate of drug-likeness (QED) is 0.595. The fraction of sp³-hybridized carbons (Fsp3) is 0.368. The number of carbonyl (C=O) groups is 1. The molecule has 4 rings (SSSR count). The van der Waals surface area contributed by atoms with Crippen LogP contribution >= 0.6 is 22.9 Å². The molecule has 0 spiro atoms. The van der Waals surface area contributed by atoms with E-state index in [1.54, 1.807) is 30.5 Å². The summed E-state index contributed by atoms with van der Waals surface area (Å²) in [6, 6.07) is 3.71. The largest absolute Gasteiger partial charge is 0.392 e. The first-order valence-electron chi connectivity index (χ1n) is 9.22. The van der Waals surface area contributed by atoms with Crippen LogP contribution in [0.3, 0.4) is 0 Å². The highest BCUT2D eigenvalue weighted by atomic mass is 35.5. The van der Waals surface area contributed by atoms with E-state index in [0.29, 0.717) is 18.8 Å². The molecule has 1 saturated heterocycles. The second-order valence-corrected chi connectivity index (χ2v) is 8.15. The summed E-state index contributed by atoms with van der Waals surface area (Å²) >= 11 is 7.70. The number of hydrogen-bond donors (Lipinski definition) is 2. The summed E-state index contributed by atoms with van der Waals surface area (Å²) < 4.78 is 6.37. The molecule has 0 aromatic carbocycles. The van der Waals surface area contributed by atoms with Crippen LogP contribution < -0.4 is 10.2 Å². The summed E-state index contributed by atoms with van der Waals surface area (Å²) in [5.41, 5.74) is 2.00. The lowest BCUT2D eigenvalue weighted by molar-refractivity contribution is 0.0923. The van der Waals surface area contributed by atoms with Crippen molar-refractivity contribution in [3.8, 4) is 10.4 Å². The van der Waals surface area contributed by atoms with Crippen LogP contribution in [-0.2, 0) is 4.74 Å². The van der Waals surface area contributed by atoms with E-state index in [4.69, 9.17) is 16.3 Å². The smallest absolute Gasteiger partial charge is 0.252 e. The second-order valence-electron chi connectivity index (χ2n) is 6.76. The number of thiophene rings is 1. The zero-order valence-electron chi connectivity index (χ0n) is 15.8. The van der Waals surface area contributed by atoms with Gasteiger partial charge in [-0.05, 0) is 30.7 Å². The van der Waals surface area contributed by atoms with E-state index in [1.165, 1.54) is 6.20 Å². The number of amides is 1. The molecule has 1 amide bonds. The number of pyridine rings is 1. The zero-order valence-corrected chi connectivity index (χ0v) is 17.3. The maximum absolute atomic E-state index is 12.3. The summed E-state index contributed by atoms with van der Waals surface area (Å²) in [7, 11) is 0. The SMILES string of the molecule is C[C@H](O)CNC(=O)c1cncc(-c2cc3nc(Cl)nc(N4CCOCC4)c3s2)c1. The number of halogens is 1. The molecule has 1 atom stereocenters. The van der Waals surface area contributed by atoms with E-state index < -0.39 is 6.10 Å². The lowest BCUT2D eigenvalue weighted by Gasteiger charge is -2.28. The molecule has 3 aromatic heterocycles. The van der Waals surface area contributed by atoms with Gasteiger partial charge in [-0.3, -0.25) is 9.78 Å². The number of morpholine rings is 1. The highest BCUT2D eigenvalue weighted by Crippen LogP contribution is 2.38. The molecule has 0 saturated carbocycles. The number of carbonyl (C=O) groups excluding carboxylic acids is 1. The number of ether oxygens (including phenoxy) is 1. The van der Waals surface area contributed by atoms with Crippen LogP contribution in [0, 0.1) is 0 Å². The standard InChI is InChI=1S/C19H20ClN5O3S/c1-11(26)8-22-18(27)13-6-12(9-21-10-13)15-7-14-16(29-15)17(24-19(20)23-14)25-2-4-28-5-3-25/h6-7,9-11,26H,2-5,8H2,1H3,(H,22,27)/t11-/m0/s1. The van der Waals surface area contributed by atoms with Gasteiger partial charge in [-0.1, -0.05) is 0 Å². The van der Waals surface area contributed by atoms with Crippen molar-refractivity contribution in [2.24, 2.45) is 0 Å². The lowest BCUT2D eigenvalue weighted by atomic mass is 10.1. The molecule has 0 bridgehead atoms. The molecule has 8 nitrogen and oxygen atoms in total. The Morgan fingerprint density at radius 2 is 2.14 bits per heavy atom. The number of hydrogen-bond acceptors (Lipinski definition) is 8. The van der Waals surface area contributed by atoms with Crippen molar-refractivity contribution in [3.05, 3.63) is 35.4 Å². The van der Waals surface area contributed by atoms with Crippen molar-refractivity contribution in [2.75, 3.05) is 37.7 Å². The molecule has 4 heterocycles. The predicted molar refractivity (Wildman–Crippen MR) is 113 cm³/mol. The average molecular weight is 434 g/mol. The number of fused-ring (bicyclic) bond motifs is 1. The molecule has 0 aliphatic carbocycles. The van der Waals surface area contributed by atoms with Gasteiger partial charge in [0.15, 0.2) is 5.82 Å². The molecule has 1 fully saturated rings. The molecule has 1 aliphatic rings. The van der Waals surface area contributed by atoms with Crippen molar-refractivity contribution >= 4 is 44.9 Å². The normalized spacial score (nSPS) is 15.5. The number of rotatable bonds is 5. The Hall–Kier alpha value is -2.33. The Balaban J connectivity index is 1.68. The van der Waals surface area contributed by atoms with Crippen molar-refractivity contribution in [1.29, 1.82) is 0 Å². The van der Waals surface area contributed by atoms with Crippen molar-refractivity contribution in [2.45, 2.75) is 13.0 Å². The minimum absolute atomic E-state index is 0.183. The number of nitrogens with one attached hydrogen (secondary N) is 1. The molecule has 10 heteroatoms. The fourth-order valence-corrected chi connectivity index (χ4v) is 4.33. The van der Waals surface area contributed by atoms with Gasteiger partial charge in [0.2, 0.25) is 5.28 Å². The third kappa shape index (κ3) is 4.48. The first-order chi connectivity index (χ1) is 14.0. The first-order valence-corrected chi connectivity index (χ1v) is 10.4. The van der Waals surface area contributed by atoms with E-state index in [0.717, 1.165) is 39.6 Å². The Morgan fingerprint density at radius 3 is 2.90 bits per heavy atom. The maximum Gasteiger partial charge on any atom is 0.252 e. The van der Waals surface area contributed by atoms with E-state index in [1.807, 2.05) is 6.07 Å². The van der Waals surface area contributed by atoms with Crippen molar-refractivity contribution in [3.63, 3.8) is 0 Å². The van der Waals surface area contributed by atoms with E-state index >= 15 is 0 Å². The third-order valence-electron chi connectivity index (χ3n) is 4.48. The Bertz CT molecular complexity index is 1040. The number of nitrogens with zero attached hydrogens (tertiary/aromatic N) is 4. The van der Waals surface area contributed by atoms with Gasteiger partial charge in [0.05, 0.1) is 35.1 Å². The monoisotopic (exact) mass is 433 g/mol. The summed E-state index contributed by atoms with van der Waals surface area (Å²) in [6.45, 7) is 4.59. The van der Waals surface area contributed by atoms with Gasteiger partial charge in [-0.2, -0.15) is 4.98 Å². The Labute approximate surface area is 176 Å². The maximum atomic E-state index is 12.3. The molecule has 1 aliphatic heterocycles. The van der Waals surface area contributed by atoms with Crippen LogP contribution in [0.2, 0.25) is 5.28 Å². The van der Waals surface area contributed by atoms with Crippen molar-refractivity contribution < 1.29 is 14.6 Å². The molecule has 3 aromatic rings. The van der Waals surface area contributed by atoms with E-state index in [2.05, 4.69) is 25.2 Å². The number of anilines is 1. The third-order valence-corrected chi connectivity index (χ3v) is 5.82. The molecule has 0 unspecified atom stereocenters. The van der Waals surface area contributed by atoms with Crippen molar-refractivity contribution in [1.82, 2.24) is 20.3 Å². The molecular formula is C19H20ClN5O3S. The van der Waals surface area contributed by atoms with Gasteiger partial charge < -0.3 is 20.1 Å².